The van der Waals surface area contributed by atoms with Crippen molar-refractivity contribution in [3.63, 3.8) is 0 Å². The zero-order valence-electron chi connectivity index (χ0n) is 4.54. The Morgan fingerprint density at radius 1 is 1.71 bits per heavy atom. The summed E-state index contributed by atoms with van der Waals surface area (Å²) in [5, 5.41) is 0. The average Bonchev–Trinajstić information content (AvgIpc) is 1.68. The molecule has 7 heavy (non-hydrogen) atoms. The Balaban J connectivity index is 3.36. The van der Waals surface area contributed by atoms with Crippen LogP contribution in [0.4, 0.5) is 0 Å². The number of hydrogen-bond donors (Lipinski definition) is 0. The molecule has 0 nitrogen and oxygen atoms in total. The molecule has 1 atom stereocenters. The minimum atomic E-state index is -0.304. The molecule has 0 fully saturated rings. The fourth-order valence-corrected chi connectivity index (χ4v) is 0.231. The van der Waals surface area contributed by atoms with E-state index in [2.05, 4.69) is 0 Å². The zero-order chi connectivity index (χ0) is 5.91. The summed E-state index contributed by atoms with van der Waals surface area (Å²) in [4.78, 5) is -0.304. The van der Waals surface area contributed by atoms with Gasteiger partial charge in [0.15, 0.2) is 0 Å². The maximum Gasteiger partial charge on any atom is 0.0705 e. The van der Waals surface area contributed by atoms with Crippen LogP contribution in [0.25, 0.3) is 0 Å². The van der Waals surface area contributed by atoms with E-state index in [0.29, 0.717) is 0 Å². The maximum atomic E-state index is 5.72. The summed E-state index contributed by atoms with van der Waals surface area (Å²) in [5.74, 6) is 1.48. The van der Waals surface area contributed by atoms with Crippen LogP contribution >= 0.6 is 23.2 Å². The van der Waals surface area contributed by atoms with E-state index >= 15 is 0 Å². The topological polar surface area (TPSA) is 0 Å². The quantitative estimate of drug-likeness (QED) is 0.517. The van der Waals surface area contributed by atoms with E-state index in [4.69, 9.17) is 23.2 Å². The molecule has 0 heterocycles. The fourth-order valence-electron chi connectivity index (χ4n) is 0.0772. The van der Waals surface area contributed by atoms with E-state index in [-0.39, 0.29) is 4.87 Å². The van der Waals surface area contributed by atoms with E-state index in [1.54, 1.807) is 0 Å². The van der Waals surface area contributed by atoms with E-state index in [1.165, 1.54) is 5.88 Å². The molecule has 0 aromatic carbocycles. The summed E-state index contributed by atoms with van der Waals surface area (Å²) in [6, 6.07) is 0. The minimum absolute atomic E-state index is 0.304. The summed E-state index contributed by atoms with van der Waals surface area (Å²) < 4.78 is 0. The van der Waals surface area contributed by atoms with Crippen molar-refractivity contribution in [3.8, 4) is 0 Å². The SMILES string of the molecule is CCC(C)(Cl)[CH]Cl. The van der Waals surface area contributed by atoms with Crippen molar-refractivity contribution in [2.24, 2.45) is 0 Å². The maximum absolute atomic E-state index is 5.72. The Hall–Kier alpha value is 0.580. The van der Waals surface area contributed by atoms with Crippen LogP contribution in [0.1, 0.15) is 20.3 Å². The average molecular weight is 140 g/mol. The minimum Gasteiger partial charge on any atom is -0.119 e. The van der Waals surface area contributed by atoms with Crippen LogP contribution in [0.2, 0.25) is 0 Å². The third-order valence-electron chi connectivity index (χ3n) is 0.919. The van der Waals surface area contributed by atoms with Gasteiger partial charge in [-0.05, 0) is 13.3 Å². The molecule has 0 saturated carbocycles. The Morgan fingerprint density at radius 2 is 2.14 bits per heavy atom. The first-order valence-electron chi connectivity index (χ1n) is 2.26. The number of halogens is 2. The van der Waals surface area contributed by atoms with Gasteiger partial charge >= 0.3 is 0 Å². The Morgan fingerprint density at radius 3 is 2.14 bits per heavy atom. The third-order valence-corrected chi connectivity index (χ3v) is 1.89. The van der Waals surface area contributed by atoms with Crippen LogP contribution in [0.5, 0.6) is 0 Å². The molecule has 1 unspecified atom stereocenters. The van der Waals surface area contributed by atoms with Crippen molar-refractivity contribution < 1.29 is 0 Å². The van der Waals surface area contributed by atoms with Gasteiger partial charge in [0.05, 0.1) is 10.8 Å². The normalized spacial score (nSPS) is 18.9. The molecule has 1 radical (unpaired) electrons. The van der Waals surface area contributed by atoms with Crippen molar-refractivity contribution in [2.75, 3.05) is 0 Å². The summed E-state index contributed by atoms with van der Waals surface area (Å²) in [5.41, 5.74) is 0. The molecule has 43 valence electrons. The number of rotatable bonds is 2. The van der Waals surface area contributed by atoms with Crippen LogP contribution in [-0.4, -0.2) is 4.87 Å². The first kappa shape index (κ1) is 7.58. The molecule has 0 saturated heterocycles. The van der Waals surface area contributed by atoms with Crippen LogP contribution in [0, 0.1) is 5.88 Å². The van der Waals surface area contributed by atoms with Crippen LogP contribution < -0.4 is 0 Å². The summed E-state index contributed by atoms with van der Waals surface area (Å²) in [6.07, 6.45) is 0.873. The highest BCUT2D eigenvalue weighted by Gasteiger charge is 2.15. The summed E-state index contributed by atoms with van der Waals surface area (Å²) >= 11 is 11.1. The highest BCUT2D eigenvalue weighted by Crippen LogP contribution is 2.23. The summed E-state index contributed by atoms with van der Waals surface area (Å²) in [6.45, 7) is 3.87. The molecule has 2 heteroatoms. The summed E-state index contributed by atoms with van der Waals surface area (Å²) in [7, 11) is 0. The smallest absolute Gasteiger partial charge is 0.0705 e. The Bertz CT molecular complexity index is 44.0. The molecule has 0 aromatic rings. The van der Waals surface area contributed by atoms with E-state index in [1.807, 2.05) is 13.8 Å². The molecule has 0 amide bonds. The highest BCUT2D eigenvalue weighted by molar-refractivity contribution is 6.34. The van der Waals surface area contributed by atoms with E-state index < -0.39 is 0 Å². The second-order valence-electron chi connectivity index (χ2n) is 1.74. The third kappa shape index (κ3) is 3.19. The fraction of sp³-hybridized carbons (Fsp3) is 0.800. The molecule has 0 rings (SSSR count). The van der Waals surface area contributed by atoms with Gasteiger partial charge in [0, 0.05) is 0 Å². The lowest BCUT2D eigenvalue weighted by molar-refractivity contribution is 0.724. The van der Waals surface area contributed by atoms with Gasteiger partial charge in [-0.3, -0.25) is 0 Å². The standard InChI is InChI=1S/C5H9Cl2/c1-3-5(2,7)4-6/h4H,3H2,1-2H3. The Kier molecular flexibility index (Phi) is 3.01. The van der Waals surface area contributed by atoms with Gasteiger partial charge in [0.1, 0.15) is 0 Å². The molecular weight excluding hydrogens is 131 g/mol. The lowest BCUT2D eigenvalue weighted by atomic mass is 10.1. The second kappa shape index (κ2) is 2.78. The van der Waals surface area contributed by atoms with Crippen molar-refractivity contribution in [2.45, 2.75) is 25.1 Å². The first-order valence-corrected chi connectivity index (χ1v) is 3.07. The van der Waals surface area contributed by atoms with Gasteiger partial charge in [0.25, 0.3) is 0 Å². The lowest BCUT2D eigenvalue weighted by Crippen LogP contribution is -2.11. The molecule has 0 bridgehead atoms. The monoisotopic (exact) mass is 139 g/mol. The van der Waals surface area contributed by atoms with E-state index in [0.717, 1.165) is 6.42 Å². The van der Waals surface area contributed by atoms with Gasteiger partial charge in [-0.2, -0.15) is 0 Å². The first-order chi connectivity index (χ1) is 3.12. The highest BCUT2D eigenvalue weighted by atomic mass is 35.5. The number of hydrogen-bond acceptors (Lipinski definition) is 0. The van der Waals surface area contributed by atoms with Gasteiger partial charge in [-0.15, -0.1) is 23.2 Å². The van der Waals surface area contributed by atoms with Gasteiger partial charge < -0.3 is 0 Å². The molecule has 0 aliphatic rings. The van der Waals surface area contributed by atoms with Gasteiger partial charge in [-0.1, -0.05) is 6.92 Å². The lowest BCUT2D eigenvalue weighted by Gasteiger charge is -2.13. The second-order valence-corrected chi connectivity index (χ2v) is 2.82. The van der Waals surface area contributed by atoms with Gasteiger partial charge in [-0.25, -0.2) is 0 Å². The molecule has 0 aliphatic carbocycles. The predicted octanol–water partition coefficient (Wildman–Crippen LogP) is 2.79. The van der Waals surface area contributed by atoms with Crippen molar-refractivity contribution in [1.29, 1.82) is 0 Å². The van der Waals surface area contributed by atoms with Crippen molar-refractivity contribution >= 4 is 23.2 Å². The molecule has 0 N–H and O–H groups in total. The molecule has 0 spiro atoms. The number of alkyl halides is 1. The van der Waals surface area contributed by atoms with Crippen molar-refractivity contribution in [3.05, 3.63) is 5.88 Å². The molecule has 0 aromatic heterocycles. The van der Waals surface area contributed by atoms with Gasteiger partial charge in [0.2, 0.25) is 0 Å². The zero-order valence-corrected chi connectivity index (χ0v) is 6.05. The van der Waals surface area contributed by atoms with Crippen molar-refractivity contribution in [1.82, 2.24) is 0 Å². The molecular formula is C5H9Cl2. The van der Waals surface area contributed by atoms with Crippen LogP contribution in [0.3, 0.4) is 0 Å². The van der Waals surface area contributed by atoms with Crippen LogP contribution in [-0.2, 0) is 0 Å². The molecule has 0 aliphatic heterocycles. The largest absolute Gasteiger partial charge is 0.119 e. The Labute approximate surface area is 54.8 Å². The predicted molar refractivity (Wildman–Crippen MR) is 34.7 cm³/mol. The van der Waals surface area contributed by atoms with Crippen LogP contribution in [0.15, 0.2) is 0 Å². The van der Waals surface area contributed by atoms with E-state index in [9.17, 15) is 0 Å².